The Hall–Kier alpha value is -0.870. The molecular weight excluding hydrogens is 248 g/mol. The van der Waals surface area contributed by atoms with Crippen molar-refractivity contribution in [3.8, 4) is 0 Å². The van der Waals surface area contributed by atoms with Crippen molar-refractivity contribution < 1.29 is 0 Å². The fraction of sp³-hybridized carbons (Fsp3) is 0.812. The van der Waals surface area contributed by atoms with Gasteiger partial charge in [-0.25, -0.2) is 4.98 Å². The quantitative estimate of drug-likeness (QED) is 0.754. The monoisotopic (exact) mass is 280 g/mol. The average Bonchev–Trinajstić information content (AvgIpc) is 2.85. The molecule has 0 amide bonds. The number of aryl methyl sites for hydroxylation is 1. The lowest BCUT2D eigenvalue weighted by atomic mass is 9.91. The van der Waals surface area contributed by atoms with E-state index in [1.807, 2.05) is 6.20 Å². The fourth-order valence-corrected chi connectivity index (χ4v) is 3.09. The smallest absolute Gasteiger partial charge is 0.127 e. The minimum atomic E-state index is 0.0381. The SMILES string of the molecule is CCCn1ccnc1C(NCC)C(C)(C)N(CC)CC. The van der Waals surface area contributed by atoms with Crippen molar-refractivity contribution in [2.24, 2.45) is 0 Å². The predicted molar refractivity (Wildman–Crippen MR) is 85.9 cm³/mol. The molecule has 116 valence electrons. The highest BCUT2D eigenvalue weighted by Crippen LogP contribution is 2.30. The van der Waals surface area contributed by atoms with E-state index in [1.165, 1.54) is 0 Å². The second kappa shape index (κ2) is 7.79. The summed E-state index contributed by atoms with van der Waals surface area (Å²) in [6.45, 7) is 17.6. The average molecular weight is 280 g/mol. The van der Waals surface area contributed by atoms with E-state index in [9.17, 15) is 0 Å². The summed E-state index contributed by atoms with van der Waals surface area (Å²) in [7, 11) is 0. The van der Waals surface area contributed by atoms with Crippen LogP contribution in [0.4, 0.5) is 0 Å². The van der Waals surface area contributed by atoms with Gasteiger partial charge in [0.15, 0.2) is 0 Å². The number of hydrogen-bond acceptors (Lipinski definition) is 3. The minimum absolute atomic E-state index is 0.0381. The Morgan fingerprint density at radius 3 is 2.40 bits per heavy atom. The molecule has 1 unspecified atom stereocenters. The van der Waals surface area contributed by atoms with Gasteiger partial charge in [0.2, 0.25) is 0 Å². The third-order valence-corrected chi connectivity index (χ3v) is 4.16. The molecule has 0 spiro atoms. The summed E-state index contributed by atoms with van der Waals surface area (Å²) >= 11 is 0. The molecule has 4 heteroatoms. The summed E-state index contributed by atoms with van der Waals surface area (Å²) in [4.78, 5) is 7.15. The molecule has 0 fully saturated rings. The summed E-state index contributed by atoms with van der Waals surface area (Å²) in [6, 6.07) is 0.244. The van der Waals surface area contributed by atoms with Crippen LogP contribution in [-0.4, -0.2) is 39.6 Å². The van der Waals surface area contributed by atoms with Crippen molar-refractivity contribution in [2.75, 3.05) is 19.6 Å². The lowest BCUT2D eigenvalue weighted by molar-refractivity contribution is 0.0868. The molecular formula is C16H32N4. The summed E-state index contributed by atoms with van der Waals surface area (Å²) in [5.41, 5.74) is 0.0381. The van der Waals surface area contributed by atoms with Crippen LogP contribution in [0.25, 0.3) is 0 Å². The number of imidazole rings is 1. The van der Waals surface area contributed by atoms with E-state index >= 15 is 0 Å². The highest BCUT2D eigenvalue weighted by atomic mass is 15.2. The molecule has 0 aliphatic carbocycles. The fourth-order valence-electron chi connectivity index (χ4n) is 3.09. The molecule has 0 saturated carbocycles. The van der Waals surface area contributed by atoms with E-state index in [1.54, 1.807) is 0 Å². The number of rotatable bonds is 9. The molecule has 1 heterocycles. The first-order valence-electron chi connectivity index (χ1n) is 8.02. The topological polar surface area (TPSA) is 33.1 Å². The molecule has 0 saturated heterocycles. The molecule has 1 aromatic rings. The van der Waals surface area contributed by atoms with Gasteiger partial charge in [-0.05, 0) is 39.9 Å². The zero-order chi connectivity index (χ0) is 15.2. The maximum atomic E-state index is 4.64. The molecule has 20 heavy (non-hydrogen) atoms. The third kappa shape index (κ3) is 3.61. The van der Waals surface area contributed by atoms with Crippen molar-refractivity contribution in [1.29, 1.82) is 0 Å². The second-order valence-corrected chi connectivity index (χ2v) is 5.80. The highest BCUT2D eigenvalue weighted by molar-refractivity contribution is 5.08. The summed E-state index contributed by atoms with van der Waals surface area (Å²) in [5, 5.41) is 3.65. The first-order valence-corrected chi connectivity index (χ1v) is 8.02. The van der Waals surface area contributed by atoms with Gasteiger partial charge >= 0.3 is 0 Å². The van der Waals surface area contributed by atoms with Crippen LogP contribution in [0.1, 0.15) is 59.8 Å². The highest BCUT2D eigenvalue weighted by Gasteiger charge is 2.36. The lowest BCUT2D eigenvalue weighted by Crippen LogP contribution is -2.53. The Balaban J connectivity index is 3.12. The number of aromatic nitrogens is 2. The van der Waals surface area contributed by atoms with Gasteiger partial charge in [0.1, 0.15) is 5.82 Å². The predicted octanol–water partition coefficient (Wildman–Crippen LogP) is 3.06. The van der Waals surface area contributed by atoms with E-state index < -0.39 is 0 Å². The molecule has 1 N–H and O–H groups in total. The Morgan fingerprint density at radius 2 is 1.90 bits per heavy atom. The van der Waals surface area contributed by atoms with Gasteiger partial charge in [0.25, 0.3) is 0 Å². The largest absolute Gasteiger partial charge is 0.334 e. The standard InChI is InChI=1S/C16H32N4/c1-7-12-19-13-11-18-15(19)14(17-8-2)16(5,6)20(9-3)10-4/h11,13-14,17H,7-10,12H2,1-6H3. The molecule has 0 aliphatic heterocycles. The Labute approximate surface area is 124 Å². The van der Waals surface area contributed by atoms with Gasteiger partial charge in [0.05, 0.1) is 6.04 Å². The number of likely N-dealkylation sites (N-methyl/N-ethyl adjacent to an activating group) is 2. The molecule has 1 rings (SSSR count). The van der Waals surface area contributed by atoms with Crippen LogP contribution in [0, 0.1) is 0 Å². The van der Waals surface area contributed by atoms with Gasteiger partial charge < -0.3 is 9.88 Å². The Kier molecular flexibility index (Phi) is 6.69. The molecule has 1 atom stereocenters. The zero-order valence-electron chi connectivity index (χ0n) is 14.1. The van der Waals surface area contributed by atoms with Crippen LogP contribution in [0.5, 0.6) is 0 Å². The van der Waals surface area contributed by atoms with E-state index in [2.05, 4.69) is 67.5 Å². The van der Waals surface area contributed by atoms with E-state index in [4.69, 9.17) is 0 Å². The molecule has 0 radical (unpaired) electrons. The van der Waals surface area contributed by atoms with Crippen molar-refractivity contribution >= 4 is 0 Å². The Bertz CT molecular complexity index is 380. The Morgan fingerprint density at radius 1 is 1.25 bits per heavy atom. The van der Waals surface area contributed by atoms with Gasteiger partial charge in [-0.3, -0.25) is 4.90 Å². The van der Waals surface area contributed by atoms with Crippen LogP contribution < -0.4 is 5.32 Å². The van der Waals surface area contributed by atoms with Gasteiger partial charge in [-0.1, -0.05) is 27.7 Å². The van der Waals surface area contributed by atoms with E-state index in [-0.39, 0.29) is 11.6 Å². The normalized spacial score (nSPS) is 13.9. The van der Waals surface area contributed by atoms with Gasteiger partial charge in [0, 0.05) is 24.5 Å². The molecule has 1 aromatic heterocycles. The van der Waals surface area contributed by atoms with Crippen LogP contribution in [0.2, 0.25) is 0 Å². The van der Waals surface area contributed by atoms with Crippen LogP contribution in [-0.2, 0) is 6.54 Å². The molecule has 0 aromatic carbocycles. The summed E-state index contributed by atoms with van der Waals surface area (Å²) in [5.74, 6) is 1.16. The molecule has 4 nitrogen and oxygen atoms in total. The van der Waals surface area contributed by atoms with Crippen molar-refractivity contribution in [2.45, 2.75) is 66.1 Å². The summed E-state index contributed by atoms with van der Waals surface area (Å²) in [6.07, 6.45) is 5.16. The van der Waals surface area contributed by atoms with E-state index in [0.29, 0.717) is 0 Å². The van der Waals surface area contributed by atoms with Crippen LogP contribution >= 0.6 is 0 Å². The number of hydrogen-bond donors (Lipinski definition) is 1. The lowest BCUT2D eigenvalue weighted by Gasteiger charge is -2.43. The minimum Gasteiger partial charge on any atom is -0.334 e. The molecule has 0 bridgehead atoms. The number of nitrogens with zero attached hydrogens (tertiary/aromatic N) is 3. The second-order valence-electron chi connectivity index (χ2n) is 5.80. The molecule has 0 aliphatic rings. The number of nitrogens with one attached hydrogen (secondary N) is 1. The third-order valence-electron chi connectivity index (χ3n) is 4.16. The maximum absolute atomic E-state index is 4.64. The van der Waals surface area contributed by atoms with Crippen molar-refractivity contribution in [3.05, 3.63) is 18.2 Å². The van der Waals surface area contributed by atoms with Crippen molar-refractivity contribution in [3.63, 3.8) is 0 Å². The van der Waals surface area contributed by atoms with Crippen molar-refractivity contribution in [1.82, 2.24) is 19.8 Å². The van der Waals surface area contributed by atoms with Gasteiger partial charge in [-0.2, -0.15) is 0 Å². The first-order chi connectivity index (χ1) is 9.52. The van der Waals surface area contributed by atoms with Gasteiger partial charge in [-0.15, -0.1) is 0 Å². The van der Waals surface area contributed by atoms with E-state index in [0.717, 1.165) is 38.4 Å². The van der Waals surface area contributed by atoms with Crippen LogP contribution in [0.3, 0.4) is 0 Å². The summed E-state index contributed by atoms with van der Waals surface area (Å²) < 4.78 is 2.29. The maximum Gasteiger partial charge on any atom is 0.127 e. The first kappa shape index (κ1) is 17.2. The zero-order valence-corrected chi connectivity index (χ0v) is 14.1. The van der Waals surface area contributed by atoms with Crippen LogP contribution in [0.15, 0.2) is 12.4 Å².